The second-order valence-electron chi connectivity index (χ2n) is 4.93. The zero-order valence-electron chi connectivity index (χ0n) is 11.4. The molecule has 2 N–H and O–H groups in total. The summed E-state index contributed by atoms with van der Waals surface area (Å²) < 4.78 is 27.4. The summed E-state index contributed by atoms with van der Waals surface area (Å²) >= 11 is 1.07. The number of nitrogen functional groups attached to an aromatic ring is 1. The molecule has 0 bridgehead atoms. The maximum absolute atomic E-state index is 12.7. The third-order valence-corrected chi connectivity index (χ3v) is 7.21. The Morgan fingerprint density at radius 2 is 2.00 bits per heavy atom. The van der Waals surface area contributed by atoms with E-state index in [-0.39, 0.29) is 6.04 Å². The van der Waals surface area contributed by atoms with Gasteiger partial charge in [-0.25, -0.2) is 13.4 Å². The highest BCUT2D eigenvalue weighted by Crippen LogP contribution is 2.32. The largest absolute Gasteiger partial charge is 0.375 e. The smallest absolute Gasteiger partial charge is 0.254 e. The van der Waals surface area contributed by atoms with Crippen molar-refractivity contribution in [2.24, 2.45) is 0 Å². The Bertz CT molecular complexity index is 533. The third kappa shape index (κ3) is 2.93. The molecule has 1 aliphatic carbocycles. The molecule has 5 nitrogen and oxygen atoms in total. The number of rotatable bonds is 4. The van der Waals surface area contributed by atoms with Gasteiger partial charge in [-0.2, -0.15) is 4.31 Å². The molecule has 19 heavy (non-hydrogen) atoms. The Hall–Kier alpha value is -0.660. The molecule has 7 heteroatoms. The van der Waals surface area contributed by atoms with Crippen LogP contribution in [0.25, 0.3) is 0 Å². The van der Waals surface area contributed by atoms with Crippen LogP contribution in [-0.4, -0.2) is 30.3 Å². The number of hydrogen-bond donors (Lipinski definition) is 1. The highest BCUT2D eigenvalue weighted by Gasteiger charge is 2.33. The fourth-order valence-corrected chi connectivity index (χ4v) is 5.85. The quantitative estimate of drug-likeness (QED) is 0.926. The first-order valence-corrected chi connectivity index (χ1v) is 8.97. The van der Waals surface area contributed by atoms with Gasteiger partial charge >= 0.3 is 0 Å². The normalized spacial score (nSPS) is 18.1. The molecule has 1 aliphatic rings. The summed E-state index contributed by atoms with van der Waals surface area (Å²) in [6.45, 7) is 4.10. The molecule has 0 saturated heterocycles. The molecular weight excluding hydrogens is 282 g/mol. The average Bonchev–Trinajstić information content (AvgIpc) is 2.71. The minimum Gasteiger partial charge on any atom is -0.375 e. The van der Waals surface area contributed by atoms with Crippen LogP contribution in [0.2, 0.25) is 0 Å². The lowest BCUT2D eigenvalue weighted by molar-refractivity contribution is 0.261. The molecule has 0 amide bonds. The highest BCUT2D eigenvalue weighted by atomic mass is 32.2. The van der Waals surface area contributed by atoms with Crippen LogP contribution in [0.3, 0.4) is 0 Å². The zero-order valence-corrected chi connectivity index (χ0v) is 13.1. The van der Waals surface area contributed by atoms with E-state index in [2.05, 4.69) is 4.98 Å². The molecule has 1 aromatic heterocycles. The van der Waals surface area contributed by atoms with Gasteiger partial charge in [-0.15, -0.1) is 0 Å². The number of nitrogens with two attached hydrogens (primary N) is 1. The molecule has 1 heterocycles. The van der Waals surface area contributed by atoms with E-state index in [4.69, 9.17) is 5.73 Å². The third-order valence-electron chi connectivity index (χ3n) is 3.61. The lowest BCUT2D eigenvalue weighted by Gasteiger charge is -2.32. The van der Waals surface area contributed by atoms with Gasteiger partial charge in [0.25, 0.3) is 10.0 Å². The summed E-state index contributed by atoms with van der Waals surface area (Å²) in [5, 5.41) is 0.316. The number of aryl methyl sites for hydroxylation is 1. The number of anilines is 1. The molecule has 0 aromatic carbocycles. The van der Waals surface area contributed by atoms with Crippen LogP contribution >= 0.6 is 11.3 Å². The van der Waals surface area contributed by atoms with E-state index in [1.165, 1.54) is 6.42 Å². The molecule has 1 saturated carbocycles. The second-order valence-corrected chi connectivity index (χ2v) is 8.04. The number of thiazole rings is 1. The molecule has 0 radical (unpaired) electrons. The molecule has 1 fully saturated rings. The Morgan fingerprint density at radius 1 is 1.37 bits per heavy atom. The Labute approximate surface area is 118 Å². The maximum Gasteiger partial charge on any atom is 0.254 e. The molecule has 0 spiro atoms. The Kier molecular flexibility index (Phi) is 4.47. The number of aromatic nitrogens is 1. The summed E-state index contributed by atoms with van der Waals surface area (Å²) in [6, 6.07) is 0.131. The molecule has 0 aliphatic heterocycles. The van der Waals surface area contributed by atoms with E-state index >= 15 is 0 Å². The lowest BCUT2D eigenvalue weighted by atomic mass is 9.95. The van der Waals surface area contributed by atoms with Crippen molar-refractivity contribution < 1.29 is 8.42 Å². The number of hydrogen-bond acceptors (Lipinski definition) is 5. The van der Waals surface area contributed by atoms with Gasteiger partial charge in [0.05, 0.1) is 5.69 Å². The predicted molar refractivity (Wildman–Crippen MR) is 77.7 cm³/mol. The Morgan fingerprint density at radius 3 is 2.47 bits per heavy atom. The van der Waals surface area contributed by atoms with Crippen molar-refractivity contribution in [1.82, 2.24) is 9.29 Å². The van der Waals surface area contributed by atoms with Crippen LogP contribution in [0.15, 0.2) is 4.21 Å². The SMILES string of the molecule is CCN(C1CCCCC1)S(=O)(=O)c1sc(N)nc1C. The van der Waals surface area contributed by atoms with Crippen LogP contribution in [-0.2, 0) is 10.0 Å². The molecule has 108 valence electrons. The summed E-state index contributed by atoms with van der Waals surface area (Å²) in [4.78, 5) is 4.03. The van der Waals surface area contributed by atoms with E-state index in [0.29, 0.717) is 21.6 Å². The van der Waals surface area contributed by atoms with Gasteiger partial charge in [0.15, 0.2) is 9.34 Å². The summed E-state index contributed by atoms with van der Waals surface area (Å²) in [6.07, 6.45) is 5.35. The summed E-state index contributed by atoms with van der Waals surface area (Å²) in [5.74, 6) is 0. The number of sulfonamides is 1. The first-order chi connectivity index (χ1) is 8.96. The van der Waals surface area contributed by atoms with Crippen LogP contribution < -0.4 is 5.73 Å². The minimum atomic E-state index is -3.45. The van der Waals surface area contributed by atoms with Crippen molar-refractivity contribution in [3.8, 4) is 0 Å². The first kappa shape index (κ1) is 14.7. The molecular formula is C12H21N3O2S2. The van der Waals surface area contributed by atoms with Gasteiger partial charge < -0.3 is 5.73 Å². The van der Waals surface area contributed by atoms with Crippen LogP contribution in [0.4, 0.5) is 5.13 Å². The van der Waals surface area contributed by atoms with Crippen molar-refractivity contribution in [1.29, 1.82) is 0 Å². The average molecular weight is 303 g/mol. The topological polar surface area (TPSA) is 76.3 Å². The van der Waals surface area contributed by atoms with Gasteiger partial charge in [-0.3, -0.25) is 0 Å². The molecule has 0 atom stereocenters. The van der Waals surface area contributed by atoms with Gasteiger partial charge in [-0.05, 0) is 19.8 Å². The summed E-state index contributed by atoms with van der Waals surface area (Å²) in [5.41, 5.74) is 6.13. The van der Waals surface area contributed by atoms with Gasteiger partial charge in [0, 0.05) is 12.6 Å². The minimum absolute atomic E-state index is 0.131. The fourth-order valence-electron chi connectivity index (χ4n) is 2.74. The lowest BCUT2D eigenvalue weighted by Crippen LogP contribution is -2.41. The van der Waals surface area contributed by atoms with Crippen molar-refractivity contribution >= 4 is 26.5 Å². The Balaban J connectivity index is 2.32. The highest BCUT2D eigenvalue weighted by molar-refractivity contribution is 7.91. The first-order valence-electron chi connectivity index (χ1n) is 6.71. The van der Waals surface area contributed by atoms with Crippen LogP contribution in [0.1, 0.15) is 44.7 Å². The number of nitrogens with zero attached hydrogens (tertiary/aromatic N) is 2. The van der Waals surface area contributed by atoms with Gasteiger partial charge in [-0.1, -0.05) is 37.5 Å². The standard InChI is InChI=1S/C12H21N3O2S2/c1-3-15(10-7-5-4-6-8-10)19(16,17)11-9(2)14-12(13)18-11/h10H,3-8H2,1-2H3,(H2,13,14). The van der Waals surface area contributed by atoms with Crippen molar-refractivity contribution in [3.05, 3.63) is 5.69 Å². The molecule has 0 unspecified atom stereocenters. The zero-order chi connectivity index (χ0) is 14.0. The predicted octanol–water partition coefficient (Wildman–Crippen LogP) is 2.38. The maximum atomic E-state index is 12.7. The fraction of sp³-hybridized carbons (Fsp3) is 0.750. The van der Waals surface area contributed by atoms with Gasteiger partial charge in [0.1, 0.15) is 0 Å². The van der Waals surface area contributed by atoms with Crippen molar-refractivity contribution in [2.75, 3.05) is 12.3 Å². The van der Waals surface area contributed by atoms with Crippen molar-refractivity contribution in [2.45, 2.75) is 56.2 Å². The monoisotopic (exact) mass is 303 g/mol. The van der Waals surface area contributed by atoms with E-state index < -0.39 is 10.0 Å². The van der Waals surface area contributed by atoms with E-state index in [9.17, 15) is 8.42 Å². The van der Waals surface area contributed by atoms with Crippen LogP contribution in [0, 0.1) is 6.92 Å². The van der Waals surface area contributed by atoms with E-state index in [0.717, 1.165) is 37.0 Å². The van der Waals surface area contributed by atoms with Crippen molar-refractivity contribution in [3.63, 3.8) is 0 Å². The van der Waals surface area contributed by atoms with E-state index in [1.807, 2.05) is 6.92 Å². The molecule has 2 rings (SSSR count). The summed E-state index contributed by atoms with van der Waals surface area (Å²) in [7, 11) is -3.45. The molecule has 1 aromatic rings. The van der Waals surface area contributed by atoms with E-state index in [1.54, 1.807) is 11.2 Å². The van der Waals surface area contributed by atoms with Gasteiger partial charge in [0.2, 0.25) is 0 Å². The second kappa shape index (κ2) is 5.76. The van der Waals surface area contributed by atoms with Crippen LogP contribution in [0.5, 0.6) is 0 Å².